The summed E-state index contributed by atoms with van der Waals surface area (Å²) in [5.74, 6) is 1.48. The van der Waals surface area contributed by atoms with Gasteiger partial charge in [-0.1, -0.05) is 12.1 Å². The molecule has 5 heteroatoms. The third-order valence-electron chi connectivity index (χ3n) is 2.83. The van der Waals surface area contributed by atoms with Crippen LogP contribution in [0.4, 0.5) is 0 Å². The van der Waals surface area contributed by atoms with Gasteiger partial charge in [-0.3, -0.25) is 0 Å². The molecule has 0 fully saturated rings. The lowest BCUT2D eigenvalue weighted by atomic mass is 10.1. The van der Waals surface area contributed by atoms with Crippen LogP contribution in [0.3, 0.4) is 0 Å². The maximum absolute atomic E-state index is 8.60. The normalized spacial score (nSPS) is 12.2. The van der Waals surface area contributed by atoms with Crippen molar-refractivity contribution in [2.75, 3.05) is 40.6 Å². The average molecular weight is 269 g/mol. The Kier molecular flexibility index (Phi) is 7.25. The van der Waals surface area contributed by atoms with Gasteiger partial charge in [0.1, 0.15) is 0 Å². The molecule has 0 saturated carbocycles. The van der Waals surface area contributed by atoms with Crippen LogP contribution in [0, 0.1) is 0 Å². The number of methoxy groups -OCH3 is 2. The molecule has 0 aromatic heterocycles. The Hall–Kier alpha value is -1.30. The molecule has 1 unspecified atom stereocenters. The zero-order chi connectivity index (χ0) is 14.1. The SMILES string of the molecule is COc1cccc(C(C)NCCOCCO)c1OC. The Morgan fingerprint density at radius 3 is 2.63 bits per heavy atom. The summed E-state index contributed by atoms with van der Waals surface area (Å²) in [5.41, 5.74) is 1.05. The van der Waals surface area contributed by atoms with E-state index in [0.29, 0.717) is 19.8 Å². The van der Waals surface area contributed by atoms with Crippen molar-refractivity contribution in [3.8, 4) is 11.5 Å². The maximum Gasteiger partial charge on any atom is 0.165 e. The van der Waals surface area contributed by atoms with Gasteiger partial charge in [0.25, 0.3) is 0 Å². The van der Waals surface area contributed by atoms with Gasteiger partial charge >= 0.3 is 0 Å². The van der Waals surface area contributed by atoms with Gasteiger partial charge in [0, 0.05) is 18.2 Å². The van der Waals surface area contributed by atoms with Crippen LogP contribution in [0.25, 0.3) is 0 Å². The highest BCUT2D eigenvalue weighted by Gasteiger charge is 2.14. The lowest BCUT2D eigenvalue weighted by molar-refractivity contribution is 0.0928. The van der Waals surface area contributed by atoms with E-state index in [1.807, 2.05) is 18.2 Å². The molecule has 0 aliphatic carbocycles. The van der Waals surface area contributed by atoms with Crippen LogP contribution in [0.5, 0.6) is 11.5 Å². The number of ether oxygens (including phenoxy) is 3. The van der Waals surface area contributed by atoms with Crippen LogP contribution in [-0.4, -0.2) is 45.7 Å². The summed E-state index contributed by atoms with van der Waals surface area (Å²) in [6.07, 6.45) is 0. The molecule has 0 bridgehead atoms. The van der Waals surface area contributed by atoms with Crippen molar-refractivity contribution in [1.29, 1.82) is 0 Å². The molecule has 19 heavy (non-hydrogen) atoms. The second-order valence-electron chi connectivity index (χ2n) is 4.09. The van der Waals surface area contributed by atoms with E-state index in [9.17, 15) is 0 Å². The number of rotatable bonds is 9. The van der Waals surface area contributed by atoms with Gasteiger partial charge in [-0.2, -0.15) is 0 Å². The minimum absolute atomic E-state index is 0.0548. The van der Waals surface area contributed by atoms with Crippen molar-refractivity contribution in [2.24, 2.45) is 0 Å². The number of hydrogen-bond acceptors (Lipinski definition) is 5. The molecular weight excluding hydrogens is 246 g/mol. The van der Waals surface area contributed by atoms with E-state index in [-0.39, 0.29) is 12.6 Å². The minimum Gasteiger partial charge on any atom is -0.493 e. The highest BCUT2D eigenvalue weighted by molar-refractivity contribution is 5.47. The fraction of sp³-hybridized carbons (Fsp3) is 0.571. The number of hydrogen-bond donors (Lipinski definition) is 2. The molecule has 0 radical (unpaired) electrons. The molecular formula is C14H23NO4. The summed E-state index contributed by atoms with van der Waals surface area (Å²) in [6.45, 7) is 3.76. The summed E-state index contributed by atoms with van der Waals surface area (Å²) in [6, 6.07) is 5.95. The fourth-order valence-electron chi connectivity index (χ4n) is 1.88. The Morgan fingerprint density at radius 2 is 2.00 bits per heavy atom. The third kappa shape index (κ3) is 4.70. The van der Waals surface area contributed by atoms with Crippen molar-refractivity contribution in [3.05, 3.63) is 23.8 Å². The summed E-state index contributed by atoms with van der Waals surface area (Å²) < 4.78 is 15.9. The fourth-order valence-corrected chi connectivity index (χ4v) is 1.88. The monoisotopic (exact) mass is 269 g/mol. The van der Waals surface area contributed by atoms with Crippen molar-refractivity contribution >= 4 is 0 Å². The smallest absolute Gasteiger partial charge is 0.165 e. The van der Waals surface area contributed by atoms with Gasteiger partial charge in [-0.25, -0.2) is 0 Å². The highest BCUT2D eigenvalue weighted by Crippen LogP contribution is 2.34. The van der Waals surface area contributed by atoms with E-state index in [0.717, 1.165) is 17.1 Å². The van der Waals surface area contributed by atoms with Gasteiger partial charge in [0.15, 0.2) is 11.5 Å². The molecule has 2 N–H and O–H groups in total. The van der Waals surface area contributed by atoms with Gasteiger partial charge in [-0.05, 0) is 13.0 Å². The topological polar surface area (TPSA) is 60.0 Å². The molecule has 1 aromatic rings. The highest BCUT2D eigenvalue weighted by atomic mass is 16.5. The van der Waals surface area contributed by atoms with Gasteiger partial charge < -0.3 is 24.6 Å². The number of para-hydroxylation sites is 1. The van der Waals surface area contributed by atoms with E-state index in [1.54, 1.807) is 14.2 Å². The summed E-state index contributed by atoms with van der Waals surface area (Å²) in [7, 11) is 3.26. The third-order valence-corrected chi connectivity index (χ3v) is 2.83. The van der Waals surface area contributed by atoms with Crippen molar-refractivity contribution in [2.45, 2.75) is 13.0 Å². The first-order valence-corrected chi connectivity index (χ1v) is 6.37. The number of aliphatic hydroxyl groups is 1. The maximum atomic E-state index is 8.60. The Morgan fingerprint density at radius 1 is 1.21 bits per heavy atom. The van der Waals surface area contributed by atoms with Crippen LogP contribution >= 0.6 is 0 Å². The zero-order valence-corrected chi connectivity index (χ0v) is 11.8. The molecule has 1 rings (SSSR count). The molecule has 0 spiro atoms. The summed E-state index contributed by atoms with van der Waals surface area (Å²) >= 11 is 0. The molecule has 5 nitrogen and oxygen atoms in total. The van der Waals surface area contributed by atoms with Crippen LogP contribution in [-0.2, 0) is 4.74 Å². The van der Waals surface area contributed by atoms with E-state index >= 15 is 0 Å². The molecule has 0 aliphatic heterocycles. The molecule has 0 amide bonds. The molecule has 0 aliphatic rings. The van der Waals surface area contributed by atoms with Gasteiger partial charge in [-0.15, -0.1) is 0 Å². The number of nitrogens with one attached hydrogen (secondary N) is 1. The molecule has 0 saturated heterocycles. The van der Waals surface area contributed by atoms with Crippen molar-refractivity contribution in [1.82, 2.24) is 5.32 Å². The Bertz CT molecular complexity index is 370. The first-order chi connectivity index (χ1) is 9.24. The van der Waals surface area contributed by atoms with Crippen LogP contribution in [0.2, 0.25) is 0 Å². The predicted octanol–water partition coefficient (Wildman–Crippen LogP) is 1.36. The van der Waals surface area contributed by atoms with Crippen LogP contribution < -0.4 is 14.8 Å². The molecule has 108 valence electrons. The molecule has 1 aromatic carbocycles. The van der Waals surface area contributed by atoms with Crippen LogP contribution in [0.15, 0.2) is 18.2 Å². The Labute approximate surface area is 114 Å². The first-order valence-electron chi connectivity index (χ1n) is 6.37. The number of aliphatic hydroxyl groups excluding tert-OH is 1. The zero-order valence-electron chi connectivity index (χ0n) is 11.8. The van der Waals surface area contributed by atoms with E-state index in [4.69, 9.17) is 19.3 Å². The largest absolute Gasteiger partial charge is 0.493 e. The van der Waals surface area contributed by atoms with E-state index < -0.39 is 0 Å². The van der Waals surface area contributed by atoms with E-state index in [2.05, 4.69) is 12.2 Å². The summed E-state index contributed by atoms with van der Waals surface area (Å²) in [4.78, 5) is 0. The lowest BCUT2D eigenvalue weighted by Crippen LogP contribution is -2.24. The van der Waals surface area contributed by atoms with Gasteiger partial charge in [0.05, 0.1) is 34.0 Å². The molecule has 1 atom stereocenters. The lowest BCUT2D eigenvalue weighted by Gasteiger charge is -2.19. The van der Waals surface area contributed by atoms with Crippen molar-refractivity contribution < 1.29 is 19.3 Å². The van der Waals surface area contributed by atoms with Crippen LogP contribution in [0.1, 0.15) is 18.5 Å². The minimum atomic E-state index is 0.0548. The van der Waals surface area contributed by atoms with E-state index in [1.165, 1.54) is 0 Å². The second-order valence-corrected chi connectivity index (χ2v) is 4.09. The molecule has 0 heterocycles. The second kappa shape index (κ2) is 8.74. The average Bonchev–Trinajstić information content (AvgIpc) is 2.45. The first kappa shape index (κ1) is 15.8. The quantitative estimate of drug-likeness (QED) is 0.663. The Balaban J connectivity index is 2.58. The number of benzene rings is 1. The van der Waals surface area contributed by atoms with Gasteiger partial charge in [0.2, 0.25) is 0 Å². The standard InChI is InChI=1S/C14H23NO4/c1-11(15-7-9-19-10-8-16)12-5-4-6-13(17-2)14(12)18-3/h4-6,11,15-16H,7-10H2,1-3H3. The van der Waals surface area contributed by atoms with Crippen molar-refractivity contribution in [3.63, 3.8) is 0 Å². The predicted molar refractivity (Wildman–Crippen MR) is 73.9 cm³/mol. The summed E-state index contributed by atoms with van der Waals surface area (Å²) in [5, 5.41) is 11.9.